The first kappa shape index (κ1) is 24.3. The van der Waals surface area contributed by atoms with Gasteiger partial charge in [0.05, 0.1) is 23.4 Å². The zero-order valence-corrected chi connectivity index (χ0v) is 18.9. The third-order valence-corrected chi connectivity index (χ3v) is 6.33. The smallest absolute Gasteiger partial charge is 0.462 e. The van der Waals surface area contributed by atoms with Gasteiger partial charge in [0.25, 0.3) is 0 Å². The van der Waals surface area contributed by atoms with E-state index in [2.05, 4.69) is 6.58 Å². The molecule has 0 amide bonds. The summed E-state index contributed by atoms with van der Waals surface area (Å²) in [5.74, 6) is -0.377. The highest BCUT2D eigenvalue weighted by molar-refractivity contribution is 6.61. The van der Waals surface area contributed by atoms with Crippen LogP contribution >= 0.6 is 0 Å². The predicted molar refractivity (Wildman–Crippen MR) is 103 cm³/mol. The molecule has 0 saturated heterocycles. The monoisotopic (exact) mass is 374 g/mol. The van der Waals surface area contributed by atoms with Crippen LogP contribution in [0.1, 0.15) is 75.7 Å². The van der Waals surface area contributed by atoms with Crippen molar-refractivity contribution in [3.63, 3.8) is 0 Å². The largest absolute Gasteiger partial charge is 0.502 e. The van der Waals surface area contributed by atoms with E-state index >= 15 is 0 Å². The van der Waals surface area contributed by atoms with E-state index in [9.17, 15) is 4.79 Å². The van der Waals surface area contributed by atoms with Gasteiger partial charge in [-0.25, -0.2) is 4.79 Å². The first-order valence-corrected chi connectivity index (χ1v) is 10.8. The molecule has 25 heavy (non-hydrogen) atoms. The molecule has 0 aromatic rings. The van der Waals surface area contributed by atoms with Crippen LogP contribution in [0.15, 0.2) is 12.2 Å². The maximum absolute atomic E-state index is 11.5. The first-order chi connectivity index (χ1) is 10.9. The lowest BCUT2D eigenvalue weighted by Crippen LogP contribution is -2.57. The van der Waals surface area contributed by atoms with Crippen molar-refractivity contribution in [3.8, 4) is 0 Å². The standard InChI is InChI=1S/C19H38O5Si/c1-15(2)16(20)21-13-12-14-25(22-17(3,4)5,23-18(6,7)8)24-19(9,10)11/h1,12-14H2,2-11H3. The van der Waals surface area contributed by atoms with Gasteiger partial charge < -0.3 is 18.0 Å². The molecule has 0 bridgehead atoms. The molecule has 0 unspecified atom stereocenters. The normalized spacial score (nSPS) is 13.7. The van der Waals surface area contributed by atoms with Crippen molar-refractivity contribution in [1.82, 2.24) is 0 Å². The fourth-order valence-electron chi connectivity index (χ4n) is 2.19. The van der Waals surface area contributed by atoms with E-state index in [1.807, 2.05) is 62.3 Å². The van der Waals surface area contributed by atoms with E-state index in [0.29, 0.717) is 18.0 Å². The Hall–Kier alpha value is -0.693. The molecule has 6 heteroatoms. The quantitative estimate of drug-likeness (QED) is 0.262. The third-order valence-electron chi connectivity index (χ3n) is 2.59. The molecule has 0 heterocycles. The highest BCUT2D eigenvalue weighted by atomic mass is 28.4. The molecule has 0 saturated carbocycles. The molecule has 5 nitrogen and oxygen atoms in total. The van der Waals surface area contributed by atoms with E-state index < -0.39 is 25.6 Å². The van der Waals surface area contributed by atoms with Gasteiger partial charge in [-0.05, 0) is 75.7 Å². The van der Waals surface area contributed by atoms with Gasteiger partial charge in [0, 0.05) is 11.6 Å². The van der Waals surface area contributed by atoms with Crippen LogP contribution in [0.25, 0.3) is 0 Å². The van der Waals surface area contributed by atoms with Crippen LogP contribution in [0.3, 0.4) is 0 Å². The fraction of sp³-hybridized carbons (Fsp3) is 0.842. The Morgan fingerprint density at radius 2 is 1.20 bits per heavy atom. The van der Waals surface area contributed by atoms with E-state index in [1.165, 1.54) is 0 Å². The Morgan fingerprint density at radius 3 is 1.48 bits per heavy atom. The molecule has 0 fully saturated rings. The highest BCUT2D eigenvalue weighted by Crippen LogP contribution is 2.32. The lowest BCUT2D eigenvalue weighted by Gasteiger charge is -2.43. The summed E-state index contributed by atoms with van der Waals surface area (Å²) < 4.78 is 24.3. The summed E-state index contributed by atoms with van der Waals surface area (Å²) in [6.07, 6.45) is 0.605. The van der Waals surface area contributed by atoms with Crippen molar-refractivity contribution in [2.45, 2.75) is 98.5 Å². The second-order valence-corrected chi connectivity index (χ2v) is 11.8. The lowest BCUT2D eigenvalue weighted by molar-refractivity contribution is -0.139. The van der Waals surface area contributed by atoms with Crippen molar-refractivity contribution in [1.29, 1.82) is 0 Å². The Morgan fingerprint density at radius 1 is 0.840 bits per heavy atom. The van der Waals surface area contributed by atoms with Crippen molar-refractivity contribution >= 4 is 14.8 Å². The van der Waals surface area contributed by atoms with Crippen molar-refractivity contribution < 1.29 is 22.8 Å². The van der Waals surface area contributed by atoms with Crippen molar-refractivity contribution in [2.75, 3.05) is 6.61 Å². The number of hydrogen-bond donors (Lipinski definition) is 0. The molecular formula is C19H38O5Si. The van der Waals surface area contributed by atoms with Gasteiger partial charge in [0.2, 0.25) is 0 Å². The Labute approximate surface area is 155 Å². The van der Waals surface area contributed by atoms with Crippen LogP contribution in [0.2, 0.25) is 6.04 Å². The van der Waals surface area contributed by atoms with Gasteiger partial charge in [-0.2, -0.15) is 0 Å². The van der Waals surface area contributed by atoms with Gasteiger partial charge in [0.15, 0.2) is 0 Å². The maximum Gasteiger partial charge on any atom is 0.502 e. The summed E-state index contributed by atoms with van der Waals surface area (Å²) in [5.41, 5.74) is -0.822. The molecule has 148 valence electrons. The summed E-state index contributed by atoms with van der Waals surface area (Å²) in [4.78, 5) is 11.5. The average molecular weight is 375 g/mol. The zero-order valence-electron chi connectivity index (χ0n) is 17.9. The third kappa shape index (κ3) is 12.3. The van der Waals surface area contributed by atoms with E-state index in [1.54, 1.807) is 6.92 Å². The number of carbonyl (C=O) groups is 1. The van der Waals surface area contributed by atoms with Crippen LogP contribution in [-0.4, -0.2) is 38.2 Å². The van der Waals surface area contributed by atoms with Crippen LogP contribution in [0.5, 0.6) is 0 Å². The van der Waals surface area contributed by atoms with Crippen LogP contribution in [0, 0.1) is 0 Å². The molecule has 0 atom stereocenters. The summed E-state index contributed by atoms with van der Waals surface area (Å²) in [6.45, 7) is 23.5. The molecule has 0 radical (unpaired) electrons. The number of rotatable bonds is 8. The Balaban J connectivity index is 5.30. The Kier molecular flexibility index (Phi) is 8.55. The summed E-state index contributed by atoms with van der Waals surface area (Å²) in [7, 11) is -3.01. The highest BCUT2D eigenvalue weighted by Gasteiger charge is 2.49. The summed E-state index contributed by atoms with van der Waals surface area (Å²) in [6, 6.07) is 0.572. The van der Waals surface area contributed by atoms with Gasteiger partial charge >= 0.3 is 14.8 Å². The minimum Gasteiger partial charge on any atom is -0.462 e. The second kappa shape index (κ2) is 8.80. The first-order valence-electron chi connectivity index (χ1n) is 8.88. The molecule has 0 aromatic heterocycles. The van der Waals surface area contributed by atoms with Crippen LogP contribution in [-0.2, 0) is 22.8 Å². The minimum atomic E-state index is -3.01. The lowest BCUT2D eigenvalue weighted by atomic mass is 10.2. The van der Waals surface area contributed by atoms with Crippen LogP contribution < -0.4 is 0 Å². The molecule has 0 N–H and O–H groups in total. The second-order valence-electron chi connectivity index (χ2n) is 9.35. The number of carbonyl (C=O) groups excluding carboxylic acids is 1. The molecule has 0 aromatic carbocycles. The van der Waals surface area contributed by atoms with E-state index in [0.717, 1.165) is 0 Å². The van der Waals surface area contributed by atoms with Crippen molar-refractivity contribution in [2.24, 2.45) is 0 Å². The molecule has 0 aliphatic rings. The summed E-state index contributed by atoms with van der Waals surface area (Å²) in [5, 5.41) is 0. The van der Waals surface area contributed by atoms with Crippen LogP contribution in [0.4, 0.5) is 0 Å². The number of hydrogen-bond acceptors (Lipinski definition) is 5. The topological polar surface area (TPSA) is 54.0 Å². The Bertz CT molecular complexity index is 411. The average Bonchev–Trinajstić information content (AvgIpc) is 2.27. The fourth-order valence-corrected chi connectivity index (χ4v) is 6.00. The predicted octanol–water partition coefficient (Wildman–Crippen LogP) is 4.88. The van der Waals surface area contributed by atoms with Gasteiger partial charge in [-0.1, -0.05) is 6.58 Å². The number of esters is 1. The molecule has 0 spiro atoms. The molecule has 0 aliphatic heterocycles. The summed E-state index contributed by atoms with van der Waals surface area (Å²) >= 11 is 0. The van der Waals surface area contributed by atoms with Crippen molar-refractivity contribution in [3.05, 3.63) is 12.2 Å². The molecule has 0 aliphatic carbocycles. The number of ether oxygens (including phenoxy) is 1. The minimum absolute atomic E-state index is 0.287. The van der Waals surface area contributed by atoms with Gasteiger partial charge in [-0.3, -0.25) is 0 Å². The van der Waals surface area contributed by atoms with E-state index in [4.69, 9.17) is 18.0 Å². The SMILES string of the molecule is C=C(C)C(=O)OCCC[Si](OC(C)(C)C)(OC(C)(C)C)OC(C)(C)C. The van der Waals surface area contributed by atoms with Gasteiger partial charge in [-0.15, -0.1) is 0 Å². The maximum atomic E-state index is 11.5. The van der Waals surface area contributed by atoms with Gasteiger partial charge in [0.1, 0.15) is 0 Å². The zero-order chi connectivity index (χ0) is 20.1. The molecule has 0 rings (SSSR count). The van der Waals surface area contributed by atoms with E-state index in [-0.39, 0.29) is 12.6 Å². The molecular weight excluding hydrogens is 336 g/mol.